The monoisotopic (exact) mass is 443 g/mol. The highest BCUT2D eigenvalue weighted by Crippen LogP contribution is 2.36. The normalized spacial score (nSPS) is 12.8. The van der Waals surface area contributed by atoms with E-state index in [1.54, 1.807) is 4.52 Å². The minimum Gasteiger partial charge on any atom is -0.479 e. The molecule has 0 saturated heterocycles. The zero-order chi connectivity index (χ0) is 23.9. The highest BCUT2D eigenvalue weighted by atomic mass is 16.5. The van der Waals surface area contributed by atoms with Crippen LogP contribution in [0.4, 0.5) is 0 Å². The van der Waals surface area contributed by atoms with Crippen LogP contribution in [0.2, 0.25) is 0 Å². The third-order valence-corrected chi connectivity index (χ3v) is 5.64. The number of carboxylic acid groups (broad SMARTS) is 1. The van der Waals surface area contributed by atoms with E-state index in [4.69, 9.17) is 14.8 Å². The molecule has 0 aliphatic heterocycles. The molecular weight excluding hydrogens is 414 g/mol. The third-order valence-electron chi connectivity index (χ3n) is 5.64. The van der Waals surface area contributed by atoms with Crippen LogP contribution in [-0.4, -0.2) is 31.3 Å². The summed E-state index contributed by atoms with van der Waals surface area (Å²) in [6, 6.07) is 17.9. The zero-order valence-electron chi connectivity index (χ0n) is 19.9. The average molecular weight is 444 g/mol. The van der Waals surface area contributed by atoms with Crippen molar-refractivity contribution in [2.45, 2.75) is 53.2 Å². The van der Waals surface area contributed by atoms with Gasteiger partial charge in [-0.1, -0.05) is 42.5 Å². The van der Waals surface area contributed by atoms with Gasteiger partial charge in [0.05, 0.1) is 17.0 Å². The molecule has 4 aromatic rings. The van der Waals surface area contributed by atoms with Crippen LogP contribution in [0.5, 0.6) is 0 Å². The van der Waals surface area contributed by atoms with E-state index in [-0.39, 0.29) is 0 Å². The molecule has 1 unspecified atom stereocenters. The van der Waals surface area contributed by atoms with Crippen molar-refractivity contribution < 1.29 is 14.6 Å². The predicted octanol–water partition coefficient (Wildman–Crippen LogP) is 5.93. The van der Waals surface area contributed by atoms with Gasteiger partial charge in [0.2, 0.25) is 0 Å². The number of fused-ring (bicyclic) bond motifs is 1. The smallest absolute Gasteiger partial charge is 0.337 e. The van der Waals surface area contributed by atoms with Crippen LogP contribution in [-0.2, 0) is 9.53 Å². The number of aryl methyl sites for hydroxylation is 3. The van der Waals surface area contributed by atoms with Gasteiger partial charge in [0.15, 0.2) is 11.8 Å². The number of hydrogen-bond donors (Lipinski definition) is 1. The van der Waals surface area contributed by atoms with Gasteiger partial charge in [-0.25, -0.2) is 14.3 Å². The Bertz CT molecular complexity index is 1330. The Morgan fingerprint density at radius 2 is 1.67 bits per heavy atom. The van der Waals surface area contributed by atoms with Gasteiger partial charge >= 0.3 is 5.97 Å². The molecule has 0 spiro atoms. The number of carboxylic acids is 1. The average Bonchev–Trinajstić information content (AvgIpc) is 3.17. The molecule has 0 fully saturated rings. The summed E-state index contributed by atoms with van der Waals surface area (Å²) in [4.78, 5) is 17.2. The first kappa shape index (κ1) is 22.7. The number of aliphatic carboxylic acids is 1. The lowest BCUT2D eigenvalue weighted by Gasteiger charge is -2.27. The van der Waals surface area contributed by atoms with E-state index in [1.165, 1.54) is 0 Å². The molecule has 1 atom stereocenters. The van der Waals surface area contributed by atoms with Gasteiger partial charge in [0, 0.05) is 28.5 Å². The van der Waals surface area contributed by atoms with Gasteiger partial charge < -0.3 is 9.84 Å². The number of rotatable bonds is 5. The van der Waals surface area contributed by atoms with Crippen LogP contribution in [0.15, 0.2) is 54.6 Å². The number of carbonyl (C=O) groups is 1. The molecule has 170 valence electrons. The minimum atomic E-state index is -1.19. The second-order valence-corrected chi connectivity index (χ2v) is 9.37. The van der Waals surface area contributed by atoms with Gasteiger partial charge in [-0.3, -0.25) is 0 Å². The maximum atomic E-state index is 12.4. The molecule has 0 saturated carbocycles. The SMILES string of the molecule is Cc1ccc(-c2c(C(OC(C)(C)C)C(=O)O)c(C)nc3cc(-c4ccccc4)nn23)cc1C. The second kappa shape index (κ2) is 8.45. The van der Waals surface area contributed by atoms with Crippen molar-refractivity contribution in [3.8, 4) is 22.5 Å². The van der Waals surface area contributed by atoms with Crippen LogP contribution in [0.3, 0.4) is 0 Å². The Labute approximate surface area is 193 Å². The van der Waals surface area contributed by atoms with Crippen molar-refractivity contribution in [2.75, 3.05) is 0 Å². The Kier molecular flexibility index (Phi) is 5.80. The summed E-state index contributed by atoms with van der Waals surface area (Å²) >= 11 is 0. The molecule has 0 aliphatic carbocycles. The van der Waals surface area contributed by atoms with E-state index >= 15 is 0 Å². The highest BCUT2D eigenvalue weighted by molar-refractivity contribution is 5.81. The molecule has 0 amide bonds. The standard InChI is InChI=1S/C27H29N3O3/c1-16-12-13-20(14-17(16)2)24-23(25(26(31)32)33-27(4,5)6)18(3)28-22-15-21(29-30(22)24)19-10-8-7-9-11-19/h7-15,25H,1-6H3,(H,31,32). The molecule has 2 heterocycles. The molecule has 2 aromatic heterocycles. The van der Waals surface area contributed by atoms with Crippen molar-refractivity contribution in [1.29, 1.82) is 0 Å². The van der Waals surface area contributed by atoms with E-state index in [9.17, 15) is 9.90 Å². The van der Waals surface area contributed by atoms with Gasteiger partial charge in [0.1, 0.15) is 0 Å². The minimum absolute atomic E-state index is 0.510. The zero-order valence-corrected chi connectivity index (χ0v) is 19.9. The molecule has 0 aliphatic rings. The number of aromatic nitrogens is 3. The molecule has 1 N–H and O–H groups in total. The van der Waals surface area contributed by atoms with Gasteiger partial charge in [0.25, 0.3) is 0 Å². The second-order valence-electron chi connectivity index (χ2n) is 9.37. The summed E-state index contributed by atoms with van der Waals surface area (Å²) < 4.78 is 7.79. The summed E-state index contributed by atoms with van der Waals surface area (Å²) in [6.07, 6.45) is -1.19. The predicted molar refractivity (Wildman–Crippen MR) is 129 cm³/mol. The molecule has 0 bridgehead atoms. The summed E-state index contributed by atoms with van der Waals surface area (Å²) in [6.45, 7) is 11.5. The third kappa shape index (κ3) is 4.52. The quantitative estimate of drug-likeness (QED) is 0.414. The summed E-state index contributed by atoms with van der Waals surface area (Å²) in [5, 5.41) is 15.0. The molecule has 6 heteroatoms. The first-order valence-electron chi connectivity index (χ1n) is 11.0. The first-order chi connectivity index (χ1) is 15.5. The van der Waals surface area contributed by atoms with Crippen LogP contribution < -0.4 is 0 Å². The van der Waals surface area contributed by atoms with Crippen LogP contribution in [0.25, 0.3) is 28.2 Å². The largest absolute Gasteiger partial charge is 0.479 e. The fraction of sp³-hybridized carbons (Fsp3) is 0.296. The fourth-order valence-electron chi connectivity index (χ4n) is 3.95. The van der Waals surface area contributed by atoms with E-state index in [2.05, 4.69) is 13.0 Å². The van der Waals surface area contributed by atoms with Gasteiger partial charge in [-0.2, -0.15) is 5.10 Å². The Balaban J connectivity index is 2.06. The fourth-order valence-corrected chi connectivity index (χ4v) is 3.95. The Morgan fingerprint density at radius 1 is 0.970 bits per heavy atom. The van der Waals surface area contributed by atoms with Crippen molar-refractivity contribution >= 4 is 11.6 Å². The lowest BCUT2D eigenvalue weighted by Crippen LogP contribution is -2.29. The van der Waals surface area contributed by atoms with E-state index in [0.717, 1.165) is 27.9 Å². The maximum absolute atomic E-state index is 12.4. The van der Waals surface area contributed by atoms with Crippen LogP contribution in [0.1, 0.15) is 49.3 Å². The summed E-state index contributed by atoms with van der Waals surface area (Å²) in [5.74, 6) is -1.06. The number of hydrogen-bond acceptors (Lipinski definition) is 4. The van der Waals surface area contributed by atoms with E-state index < -0.39 is 17.7 Å². The number of nitrogens with zero attached hydrogens (tertiary/aromatic N) is 3. The highest BCUT2D eigenvalue weighted by Gasteiger charge is 2.33. The molecule has 33 heavy (non-hydrogen) atoms. The van der Waals surface area contributed by atoms with Gasteiger partial charge in [-0.15, -0.1) is 0 Å². The molecule has 4 rings (SSSR count). The maximum Gasteiger partial charge on any atom is 0.337 e. The van der Waals surface area contributed by atoms with Crippen molar-refractivity contribution in [1.82, 2.24) is 14.6 Å². The van der Waals surface area contributed by atoms with E-state index in [0.29, 0.717) is 22.6 Å². The molecular formula is C27H29N3O3. The molecule has 2 aromatic carbocycles. The van der Waals surface area contributed by atoms with Crippen LogP contribution in [0, 0.1) is 20.8 Å². The van der Waals surface area contributed by atoms with Crippen molar-refractivity contribution in [2.24, 2.45) is 0 Å². The van der Waals surface area contributed by atoms with Crippen molar-refractivity contribution in [3.05, 3.63) is 77.0 Å². The Hall–Kier alpha value is -3.51. The van der Waals surface area contributed by atoms with Crippen LogP contribution >= 0.6 is 0 Å². The number of benzene rings is 2. The first-order valence-corrected chi connectivity index (χ1v) is 11.0. The Morgan fingerprint density at radius 3 is 2.27 bits per heavy atom. The topological polar surface area (TPSA) is 76.7 Å². The van der Waals surface area contributed by atoms with Crippen molar-refractivity contribution in [3.63, 3.8) is 0 Å². The lowest BCUT2D eigenvalue weighted by atomic mass is 9.96. The summed E-state index contributed by atoms with van der Waals surface area (Å²) in [5.41, 5.74) is 6.67. The molecule has 6 nitrogen and oxygen atoms in total. The number of ether oxygens (including phenoxy) is 1. The van der Waals surface area contributed by atoms with Gasteiger partial charge in [-0.05, 0) is 58.7 Å². The lowest BCUT2D eigenvalue weighted by molar-refractivity contribution is -0.160. The van der Waals surface area contributed by atoms with E-state index in [1.807, 2.05) is 83.1 Å². The summed E-state index contributed by atoms with van der Waals surface area (Å²) in [7, 11) is 0. The molecule has 0 radical (unpaired) electrons.